The predicted octanol–water partition coefficient (Wildman–Crippen LogP) is 2.34. The molecule has 0 aliphatic rings. The Kier molecular flexibility index (Phi) is 6.03. The van der Waals surface area contributed by atoms with E-state index in [9.17, 15) is 13.2 Å². The number of hydrogen-bond acceptors (Lipinski definition) is 4. The molecular weight excluding hydrogens is 340 g/mol. The lowest BCUT2D eigenvalue weighted by Crippen LogP contribution is -2.41. The number of hydrogen-bond donors (Lipinski definition) is 1. The number of ether oxygens (including phenoxy) is 1. The van der Waals surface area contributed by atoms with Gasteiger partial charge in [-0.15, -0.1) is 0 Å². The van der Waals surface area contributed by atoms with Crippen molar-refractivity contribution >= 4 is 21.6 Å². The normalized spacial score (nSPS) is 12.3. The van der Waals surface area contributed by atoms with Gasteiger partial charge in [0.15, 0.2) is 0 Å². The van der Waals surface area contributed by atoms with Crippen LogP contribution in [0.25, 0.3) is 0 Å². The van der Waals surface area contributed by atoms with Crippen LogP contribution >= 0.6 is 0 Å². The second kappa shape index (κ2) is 8.02. The standard InChI is InChI=1S/C18H22N2O4S/c1-14(16-11-7-8-12-17(16)24-2)19-18(21)13-20(25(3,22)23)15-9-5-4-6-10-15/h4-12,14H,13H2,1-3H3,(H,19,21)/t14-/m0/s1. The van der Waals surface area contributed by atoms with E-state index >= 15 is 0 Å². The van der Waals surface area contributed by atoms with Crippen molar-refractivity contribution < 1.29 is 17.9 Å². The fraction of sp³-hybridized carbons (Fsp3) is 0.278. The van der Waals surface area contributed by atoms with E-state index in [0.717, 1.165) is 16.1 Å². The largest absolute Gasteiger partial charge is 0.496 e. The summed E-state index contributed by atoms with van der Waals surface area (Å²) in [4.78, 5) is 12.4. The summed E-state index contributed by atoms with van der Waals surface area (Å²) in [5, 5.41) is 2.82. The highest BCUT2D eigenvalue weighted by atomic mass is 32.2. The highest BCUT2D eigenvalue weighted by Gasteiger charge is 2.22. The lowest BCUT2D eigenvalue weighted by atomic mass is 10.1. The Morgan fingerprint density at radius 3 is 2.32 bits per heavy atom. The van der Waals surface area contributed by atoms with E-state index in [2.05, 4.69) is 5.32 Å². The van der Waals surface area contributed by atoms with E-state index in [4.69, 9.17) is 4.74 Å². The number of benzene rings is 2. The Bertz CT molecular complexity index is 822. The first-order valence-electron chi connectivity index (χ1n) is 7.78. The zero-order chi connectivity index (χ0) is 18.4. The molecule has 0 saturated heterocycles. The minimum Gasteiger partial charge on any atom is -0.496 e. The molecule has 6 nitrogen and oxygen atoms in total. The molecule has 134 valence electrons. The molecule has 0 aliphatic carbocycles. The number of nitrogens with zero attached hydrogens (tertiary/aromatic N) is 1. The molecular formula is C18H22N2O4S. The zero-order valence-corrected chi connectivity index (χ0v) is 15.3. The Labute approximate surface area is 148 Å². The molecule has 0 spiro atoms. The Balaban J connectivity index is 2.14. The van der Waals surface area contributed by atoms with Crippen LogP contribution in [-0.2, 0) is 14.8 Å². The second-order valence-corrected chi connectivity index (χ2v) is 7.54. The number of carbonyl (C=O) groups is 1. The first-order valence-corrected chi connectivity index (χ1v) is 9.63. The Hall–Kier alpha value is -2.54. The van der Waals surface area contributed by atoms with Crippen molar-refractivity contribution in [1.29, 1.82) is 0 Å². The fourth-order valence-corrected chi connectivity index (χ4v) is 3.37. The molecule has 2 aromatic carbocycles. The van der Waals surface area contributed by atoms with Crippen LogP contribution in [0, 0.1) is 0 Å². The minimum atomic E-state index is -3.58. The van der Waals surface area contributed by atoms with Crippen LogP contribution in [-0.4, -0.2) is 34.2 Å². The average Bonchev–Trinajstić information content (AvgIpc) is 2.59. The number of sulfonamides is 1. The van der Waals surface area contributed by atoms with Gasteiger partial charge in [0.2, 0.25) is 15.9 Å². The number of rotatable bonds is 7. The molecule has 2 aromatic rings. The maximum atomic E-state index is 12.4. The molecule has 25 heavy (non-hydrogen) atoms. The lowest BCUT2D eigenvalue weighted by molar-refractivity contribution is -0.120. The minimum absolute atomic E-state index is 0.289. The van der Waals surface area contributed by atoms with Gasteiger partial charge >= 0.3 is 0 Å². The summed E-state index contributed by atoms with van der Waals surface area (Å²) in [6, 6.07) is 15.6. The molecule has 0 radical (unpaired) electrons. The van der Waals surface area contributed by atoms with Gasteiger partial charge in [0.25, 0.3) is 0 Å². The van der Waals surface area contributed by atoms with Crippen molar-refractivity contribution in [3.8, 4) is 5.75 Å². The first kappa shape index (κ1) is 18.8. The third-order valence-electron chi connectivity index (χ3n) is 3.71. The number of para-hydroxylation sites is 2. The third kappa shape index (κ3) is 4.96. The molecule has 1 N–H and O–H groups in total. The molecule has 2 rings (SSSR count). The molecule has 0 fully saturated rings. The van der Waals surface area contributed by atoms with E-state index in [1.54, 1.807) is 37.4 Å². The Morgan fingerprint density at radius 2 is 1.72 bits per heavy atom. The monoisotopic (exact) mass is 362 g/mol. The summed E-state index contributed by atoms with van der Waals surface area (Å²) in [5.74, 6) is 0.269. The smallest absolute Gasteiger partial charge is 0.241 e. The van der Waals surface area contributed by atoms with Gasteiger partial charge < -0.3 is 10.1 Å². The first-order chi connectivity index (χ1) is 11.8. The van der Waals surface area contributed by atoms with Crippen molar-refractivity contribution in [1.82, 2.24) is 5.32 Å². The molecule has 0 aliphatic heterocycles. The van der Waals surface area contributed by atoms with Gasteiger partial charge in [-0.2, -0.15) is 0 Å². The van der Waals surface area contributed by atoms with Crippen LogP contribution in [0.15, 0.2) is 54.6 Å². The summed E-state index contributed by atoms with van der Waals surface area (Å²) in [6.45, 7) is 1.53. The van der Waals surface area contributed by atoms with E-state index in [1.165, 1.54) is 0 Å². The van der Waals surface area contributed by atoms with Crippen LogP contribution < -0.4 is 14.4 Å². The second-order valence-electron chi connectivity index (χ2n) is 5.64. The molecule has 1 amide bonds. The number of methoxy groups -OCH3 is 1. The molecule has 7 heteroatoms. The van der Waals surface area contributed by atoms with E-state index in [-0.39, 0.29) is 12.6 Å². The SMILES string of the molecule is COc1ccccc1[C@H](C)NC(=O)CN(c1ccccc1)S(C)(=O)=O. The van der Waals surface area contributed by atoms with Crippen molar-refractivity contribution in [2.75, 3.05) is 24.2 Å². The number of amides is 1. The summed E-state index contributed by atoms with van der Waals surface area (Å²) < 4.78 is 30.5. The van der Waals surface area contributed by atoms with Gasteiger partial charge in [0.05, 0.1) is 25.1 Å². The van der Waals surface area contributed by atoms with Crippen LogP contribution in [0.5, 0.6) is 5.75 Å². The average molecular weight is 362 g/mol. The van der Waals surface area contributed by atoms with Gasteiger partial charge in [-0.1, -0.05) is 36.4 Å². The summed E-state index contributed by atoms with van der Waals surface area (Å²) >= 11 is 0. The quantitative estimate of drug-likeness (QED) is 0.820. The highest BCUT2D eigenvalue weighted by molar-refractivity contribution is 7.92. The Morgan fingerprint density at radius 1 is 1.12 bits per heavy atom. The van der Waals surface area contributed by atoms with Gasteiger partial charge in [-0.25, -0.2) is 8.42 Å². The van der Waals surface area contributed by atoms with Crippen LogP contribution in [0.2, 0.25) is 0 Å². The number of anilines is 1. The number of carbonyl (C=O) groups excluding carboxylic acids is 1. The topological polar surface area (TPSA) is 75.7 Å². The van der Waals surface area contributed by atoms with Crippen molar-refractivity contribution in [3.05, 3.63) is 60.2 Å². The summed E-state index contributed by atoms with van der Waals surface area (Å²) in [6.07, 6.45) is 1.08. The van der Waals surface area contributed by atoms with Crippen LogP contribution in [0.4, 0.5) is 5.69 Å². The van der Waals surface area contributed by atoms with Gasteiger partial charge in [0.1, 0.15) is 12.3 Å². The predicted molar refractivity (Wildman–Crippen MR) is 98.2 cm³/mol. The zero-order valence-electron chi connectivity index (χ0n) is 14.5. The van der Waals surface area contributed by atoms with Gasteiger partial charge in [0, 0.05) is 5.56 Å². The molecule has 0 bridgehead atoms. The third-order valence-corrected chi connectivity index (χ3v) is 4.86. The fourth-order valence-electron chi connectivity index (χ4n) is 2.51. The van der Waals surface area contributed by atoms with Crippen molar-refractivity contribution in [3.63, 3.8) is 0 Å². The van der Waals surface area contributed by atoms with Crippen molar-refractivity contribution in [2.45, 2.75) is 13.0 Å². The van der Waals surface area contributed by atoms with E-state index in [0.29, 0.717) is 11.4 Å². The van der Waals surface area contributed by atoms with E-state index in [1.807, 2.05) is 31.2 Å². The summed E-state index contributed by atoms with van der Waals surface area (Å²) in [7, 11) is -2.01. The van der Waals surface area contributed by atoms with Gasteiger partial charge in [-0.3, -0.25) is 9.10 Å². The maximum Gasteiger partial charge on any atom is 0.241 e. The highest BCUT2D eigenvalue weighted by Crippen LogP contribution is 2.24. The molecule has 0 saturated carbocycles. The summed E-state index contributed by atoms with van der Waals surface area (Å²) in [5.41, 5.74) is 1.27. The van der Waals surface area contributed by atoms with Crippen molar-refractivity contribution in [2.24, 2.45) is 0 Å². The number of nitrogens with one attached hydrogen (secondary N) is 1. The molecule has 0 heterocycles. The lowest BCUT2D eigenvalue weighted by Gasteiger charge is -2.23. The van der Waals surface area contributed by atoms with Gasteiger partial charge in [-0.05, 0) is 25.1 Å². The van der Waals surface area contributed by atoms with E-state index < -0.39 is 15.9 Å². The van der Waals surface area contributed by atoms with Crippen LogP contribution in [0.3, 0.4) is 0 Å². The van der Waals surface area contributed by atoms with Crippen LogP contribution in [0.1, 0.15) is 18.5 Å². The molecule has 0 unspecified atom stereocenters. The molecule has 0 aromatic heterocycles. The maximum absolute atomic E-state index is 12.4. The molecule has 1 atom stereocenters.